The molecule has 1 spiro atoms. The van der Waals surface area contributed by atoms with Gasteiger partial charge in [0.2, 0.25) is 0 Å². The summed E-state index contributed by atoms with van der Waals surface area (Å²) in [4.78, 5) is 13.0. The molecular weight excluding hydrogens is 601 g/mol. The summed E-state index contributed by atoms with van der Waals surface area (Å²) in [5.41, 5.74) is 12.5. The van der Waals surface area contributed by atoms with Crippen molar-refractivity contribution in [3.8, 4) is 45.0 Å². The van der Waals surface area contributed by atoms with Gasteiger partial charge in [0.05, 0.1) is 16.8 Å². The van der Waals surface area contributed by atoms with E-state index in [2.05, 4.69) is 164 Å². The second-order valence-electron chi connectivity index (χ2n) is 12.5. The molecule has 0 saturated heterocycles. The summed E-state index contributed by atoms with van der Waals surface area (Å²) in [6.45, 7) is 0. The van der Waals surface area contributed by atoms with E-state index in [1.165, 1.54) is 53.9 Å². The molecule has 1 aliphatic carbocycles. The zero-order valence-corrected chi connectivity index (χ0v) is 26.8. The summed E-state index contributed by atoms with van der Waals surface area (Å²) in [6, 6.07) is 61.3. The van der Waals surface area contributed by atoms with Crippen LogP contribution in [0.3, 0.4) is 0 Å². The third-order valence-electron chi connectivity index (χ3n) is 9.95. The third-order valence-corrected chi connectivity index (χ3v) is 11.2. The molecule has 0 N–H and O–H groups in total. The summed E-state index contributed by atoms with van der Waals surface area (Å²) < 4.78 is 0. The van der Waals surface area contributed by atoms with Gasteiger partial charge in [-0.2, -0.15) is 0 Å². The molecule has 10 rings (SSSR count). The minimum Gasteiger partial charge on any atom is -0.228 e. The smallest absolute Gasteiger partial charge is 0.160 e. The fourth-order valence-electron chi connectivity index (χ4n) is 7.88. The van der Waals surface area contributed by atoms with Crippen LogP contribution < -0.4 is 0 Å². The lowest BCUT2D eigenvalue weighted by Crippen LogP contribution is -2.32. The van der Waals surface area contributed by atoms with Crippen molar-refractivity contribution in [2.45, 2.75) is 15.2 Å². The Kier molecular flexibility index (Phi) is 6.06. The standard InChI is InChI=1S/C45H28N2S/c1-2-14-30(15-3-1)44-46-40(32-26-25-29-13-4-5-16-31(29)27-32)28-41(47-44)35-19-12-23-39-43(35)48-42-24-11-10-22-38(42)45(39)36-20-8-6-17-33(36)34-18-7-9-21-37(34)45/h1-28H. The number of hydrogen-bond donors (Lipinski definition) is 0. The summed E-state index contributed by atoms with van der Waals surface area (Å²) in [6.07, 6.45) is 0. The second-order valence-corrected chi connectivity index (χ2v) is 13.6. The molecule has 8 aromatic rings. The predicted molar refractivity (Wildman–Crippen MR) is 197 cm³/mol. The van der Waals surface area contributed by atoms with Crippen molar-refractivity contribution in [2.75, 3.05) is 0 Å². The van der Waals surface area contributed by atoms with E-state index < -0.39 is 5.41 Å². The molecule has 7 aromatic carbocycles. The average molecular weight is 629 g/mol. The molecular formula is C45H28N2S. The van der Waals surface area contributed by atoms with Crippen LogP contribution in [0.15, 0.2) is 180 Å². The van der Waals surface area contributed by atoms with Crippen LogP contribution in [0, 0.1) is 0 Å². The van der Waals surface area contributed by atoms with Crippen LogP contribution in [-0.2, 0) is 5.41 Å². The lowest BCUT2D eigenvalue weighted by Gasteiger charge is -2.40. The fourth-order valence-corrected chi connectivity index (χ4v) is 9.19. The van der Waals surface area contributed by atoms with Gasteiger partial charge in [0.25, 0.3) is 0 Å². The van der Waals surface area contributed by atoms with Crippen molar-refractivity contribution in [1.82, 2.24) is 9.97 Å². The van der Waals surface area contributed by atoms with Crippen molar-refractivity contribution < 1.29 is 0 Å². The Balaban J connectivity index is 1.26. The van der Waals surface area contributed by atoms with Gasteiger partial charge in [0.1, 0.15) is 0 Å². The van der Waals surface area contributed by atoms with Crippen molar-refractivity contribution in [1.29, 1.82) is 0 Å². The maximum atomic E-state index is 5.31. The first-order chi connectivity index (χ1) is 23.8. The van der Waals surface area contributed by atoms with E-state index in [1.807, 2.05) is 17.8 Å². The first kappa shape index (κ1) is 27.4. The highest BCUT2D eigenvalue weighted by Crippen LogP contribution is 2.63. The maximum Gasteiger partial charge on any atom is 0.160 e. The summed E-state index contributed by atoms with van der Waals surface area (Å²) in [5, 5.41) is 2.41. The first-order valence-electron chi connectivity index (χ1n) is 16.3. The molecule has 0 bridgehead atoms. The molecule has 0 radical (unpaired) electrons. The lowest BCUT2D eigenvalue weighted by molar-refractivity contribution is 0.723. The van der Waals surface area contributed by atoms with Crippen LogP contribution in [0.25, 0.3) is 55.8 Å². The van der Waals surface area contributed by atoms with E-state index in [0.29, 0.717) is 0 Å². The zero-order valence-electron chi connectivity index (χ0n) is 26.0. The predicted octanol–water partition coefficient (Wildman–Crippen LogP) is 11.5. The third kappa shape index (κ3) is 3.95. The number of fused-ring (bicyclic) bond motifs is 10. The maximum absolute atomic E-state index is 5.31. The SMILES string of the molecule is c1ccc(-c2nc(-c3ccc4ccccc4c3)cc(-c3cccc4c3Sc3ccccc3C43c4ccccc4-c4ccccc43)n2)cc1. The van der Waals surface area contributed by atoms with Gasteiger partial charge in [-0.1, -0.05) is 163 Å². The largest absolute Gasteiger partial charge is 0.228 e. The van der Waals surface area contributed by atoms with Gasteiger partial charge >= 0.3 is 0 Å². The number of nitrogens with zero attached hydrogens (tertiary/aromatic N) is 2. The highest BCUT2D eigenvalue weighted by atomic mass is 32.2. The molecule has 2 nitrogen and oxygen atoms in total. The number of rotatable bonds is 3. The Labute approximate surface area is 283 Å². The quantitative estimate of drug-likeness (QED) is 0.195. The van der Waals surface area contributed by atoms with E-state index in [9.17, 15) is 0 Å². The van der Waals surface area contributed by atoms with Gasteiger partial charge in [-0.15, -0.1) is 0 Å². The Hall–Kier alpha value is -5.77. The molecule has 1 aliphatic heterocycles. The van der Waals surface area contributed by atoms with Gasteiger partial charge in [-0.3, -0.25) is 0 Å². The Morgan fingerprint density at radius 2 is 1.00 bits per heavy atom. The van der Waals surface area contributed by atoms with E-state index in [1.54, 1.807) is 0 Å². The number of hydrogen-bond acceptors (Lipinski definition) is 3. The van der Waals surface area contributed by atoms with Crippen molar-refractivity contribution in [2.24, 2.45) is 0 Å². The topological polar surface area (TPSA) is 25.8 Å². The normalized spacial score (nSPS) is 13.5. The highest BCUT2D eigenvalue weighted by molar-refractivity contribution is 7.99. The lowest BCUT2D eigenvalue weighted by atomic mass is 9.67. The van der Waals surface area contributed by atoms with Crippen LogP contribution in [-0.4, -0.2) is 9.97 Å². The molecule has 1 aromatic heterocycles. The fraction of sp³-hybridized carbons (Fsp3) is 0.0222. The molecule has 224 valence electrons. The van der Waals surface area contributed by atoms with Gasteiger partial charge in [-0.25, -0.2) is 9.97 Å². The Morgan fingerprint density at radius 3 is 1.79 bits per heavy atom. The van der Waals surface area contributed by atoms with Crippen molar-refractivity contribution >= 4 is 22.5 Å². The molecule has 3 heteroatoms. The molecule has 0 fully saturated rings. The van der Waals surface area contributed by atoms with E-state index in [-0.39, 0.29) is 0 Å². The van der Waals surface area contributed by atoms with Crippen molar-refractivity contribution in [3.05, 3.63) is 192 Å². The second kappa shape index (κ2) is 10.6. The van der Waals surface area contributed by atoms with Crippen LogP contribution in [0.5, 0.6) is 0 Å². The minimum absolute atomic E-state index is 0.434. The molecule has 0 amide bonds. The number of aromatic nitrogens is 2. The van der Waals surface area contributed by atoms with Crippen molar-refractivity contribution in [3.63, 3.8) is 0 Å². The summed E-state index contributed by atoms with van der Waals surface area (Å²) in [7, 11) is 0. The van der Waals surface area contributed by atoms with Crippen LogP contribution in [0.1, 0.15) is 22.3 Å². The van der Waals surface area contributed by atoms with Gasteiger partial charge in [0.15, 0.2) is 5.82 Å². The van der Waals surface area contributed by atoms with Crippen LogP contribution in [0.4, 0.5) is 0 Å². The first-order valence-corrected chi connectivity index (χ1v) is 17.1. The van der Waals surface area contributed by atoms with Gasteiger partial charge in [-0.05, 0) is 62.4 Å². The molecule has 2 aliphatic rings. The summed E-state index contributed by atoms with van der Waals surface area (Å²) in [5.74, 6) is 0.723. The molecule has 0 unspecified atom stereocenters. The molecule has 0 saturated carbocycles. The Bertz CT molecular complexity index is 2510. The summed E-state index contributed by atoms with van der Waals surface area (Å²) >= 11 is 1.86. The van der Waals surface area contributed by atoms with Crippen LogP contribution in [0.2, 0.25) is 0 Å². The zero-order chi connectivity index (χ0) is 31.7. The monoisotopic (exact) mass is 628 g/mol. The van der Waals surface area contributed by atoms with E-state index in [0.717, 1.165) is 33.9 Å². The minimum atomic E-state index is -0.434. The van der Waals surface area contributed by atoms with E-state index in [4.69, 9.17) is 9.97 Å². The van der Waals surface area contributed by atoms with E-state index >= 15 is 0 Å². The number of benzene rings is 7. The van der Waals surface area contributed by atoms with Crippen LogP contribution >= 0.6 is 11.8 Å². The molecule has 48 heavy (non-hydrogen) atoms. The average Bonchev–Trinajstić information content (AvgIpc) is 3.45. The highest BCUT2D eigenvalue weighted by Gasteiger charge is 2.50. The molecule has 2 heterocycles. The molecule has 0 atom stereocenters. The van der Waals surface area contributed by atoms with Gasteiger partial charge < -0.3 is 0 Å². The Morgan fingerprint density at radius 1 is 0.396 bits per heavy atom. The van der Waals surface area contributed by atoms with Gasteiger partial charge in [0, 0.05) is 26.5 Å².